The maximum atomic E-state index is 13.9. The number of piperazine rings is 1. The third-order valence-corrected chi connectivity index (χ3v) is 6.30. The van der Waals surface area contributed by atoms with Crippen molar-refractivity contribution in [2.75, 3.05) is 31.1 Å². The van der Waals surface area contributed by atoms with Crippen LogP contribution in [0.25, 0.3) is 0 Å². The number of aryl methyl sites for hydroxylation is 2. The first-order valence-electron chi connectivity index (χ1n) is 7.55. The average molecular weight is 375 g/mol. The van der Waals surface area contributed by atoms with Crippen LogP contribution in [0.3, 0.4) is 0 Å². The van der Waals surface area contributed by atoms with Gasteiger partial charge in [0.25, 0.3) is 0 Å². The number of aromatic nitrogens is 1. The van der Waals surface area contributed by atoms with Crippen LogP contribution in [-0.2, 0) is 10.0 Å². The van der Waals surface area contributed by atoms with Crippen molar-refractivity contribution in [3.63, 3.8) is 0 Å². The first kappa shape index (κ1) is 17.7. The Bertz CT molecular complexity index is 887. The number of benzene rings is 1. The van der Waals surface area contributed by atoms with Gasteiger partial charge in [0, 0.05) is 26.2 Å². The minimum absolute atomic E-state index is 0.0277. The lowest BCUT2D eigenvalue weighted by atomic mass is 10.2. The maximum Gasteiger partial charge on any atom is 0.248 e. The quantitative estimate of drug-likeness (QED) is 0.770. The van der Waals surface area contributed by atoms with Gasteiger partial charge in [0.15, 0.2) is 23.2 Å². The summed E-state index contributed by atoms with van der Waals surface area (Å²) in [5.74, 6) is -3.88. The lowest BCUT2D eigenvalue weighted by molar-refractivity contribution is 0.375. The molecule has 1 aromatic heterocycles. The Morgan fingerprint density at radius 2 is 1.68 bits per heavy atom. The molecule has 1 aliphatic rings. The summed E-state index contributed by atoms with van der Waals surface area (Å²) in [7, 11) is -3.79. The van der Waals surface area contributed by atoms with Crippen molar-refractivity contribution in [2.24, 2.45) is 0 Å². The largest absolute Gasteiger partial charge is 0.366 e. The van der Waals surface area contributed by atoms with Crippen LogP contribution in [-0.4, -0.2) is 44.1 Å². The van der Waals surface area contributed by atoms with Gasteiger partial charge in [0.1, 0.15) is 10.6 Å². The van der Waals surface area contributed by atoms with Crippen molar-refractivity contribution >= 4 is 15.7 Å². The molecule has 0 bridgehead atoms. The zero-order valence-corrected chi connectivity index (χ0v) is 14.4. The molecule has 1 fully saturated rings. The van der Waals surface area contributed by atoms with Gasteiger partial charge in [0.05, 0.1) is 5.69 Å². The Kier molecular flexibility index (Phi) is 4.50. The molecule has 0 radical (unpaired) electrons. The van der Waals surface area contributed by atoms with Crippen molar-refractivity contribution in [3.8, 4) is 0 Å². The second-order valence-corrected chi connectivity index (χ2v) is 7.61. The number of halogens is 3. The zero-order chi connectivity index (χ0) is 18.4. The summed E-state index contributed by atoms with van der Waals surface area (Å²) in [6.45, 7) is 3.49. The van der Waals surface area contributed by atoms with E-state index in [0.29, 0.717) is 0 Å². The SMILES string of the molecule is Cc1noc(C)c1S(=O)(=O)N1CCN(c2ccc(F)c(F)c2F)CC1. The number of rotatable bonds is 3. The molecule has 0 aliphatic carbocycles. The summed E-state index contributed by atoms with van der Waals surface area (Å²) in [6, 6.07) is 1.99. The fourth-order valence-electron chi connectivity index (χ4n) is 2.90. The van der Waals surface area contributed by atoms with E-state index in [9.17, 15) is 21.6 Å². The predicted octanol–water partition coefficient (Wildman–Crippen LogP) is 2.22. The Labute approximate surface area is 142 Å². The average Bonchev–Trinajstić information content (AvgIpc) is 2.92. The third-order valence-electron chi connectivity index (χ3n) is 4.16. The number of sulfonamides is 1. The van der Waals surface area contributed by atoms with Gasteiger partial charge in [-0.05, 0) is 26.0 Å². The second kappa shape index (κ2) is 6.34. The van der Waals surface area contributed by atoms with E-state index in [2.05, 4.69) is 5.16 Å². The van der Waals surface area contributed by atoms with Gasteiger partial charge in [-0.3, -0.25) is 0 Å². The van der Waals surface area contributed by atoms with Crippen molar-refractivity contribution < 1.29 is 26.1 Å². The van der Waals surface area contributed by atoms with Crippen LogP contribution in [0.1, 0.15) is 11.5 Å². The standard InChI is InChI=1S/C15H16F3N3O3S/c1-9-15(10(2)24-19-9)25(22,23)21-7-5-20(6-8-21)12-4-3-11(16)13(17)14(12)18/h3-4H,5-8H2,1-2H3. The molecule has 0 spiro atoms. The van der Waals surface area contributed by atoms with E-state index in [-0.39, 0.29) is 48.2 Å². The van der Waals surface area contributed by atoms with Gasteiger partial charge in [0.2, 0.25) is 10.0 Å². The van der Waals surface area contributed by atoms with E-state index in [4.69, 9.17) is 4.52 Å². The van der Waals surface area contributed by atoms with Gasteiger partial charge < -0.3 is 9.42 Å². The molecule has 136 valence electrons. The Morgan fingerprint density at radius 1 is 1.04 bits per heavy atom. The van der Waals surface area contributed by atoms with E-state index >= 15 is 0 Å². The molecule has 2 aromatic rings. The molecule has 6 nitrogen and oxygen atoms in total. The Balaban J connectivity index is 1.80. The molecule has 1 aromatic carbocycles. The van der Waals surface area contributed by atoms with Crippen LogP contribution in [0.5, 0.6) is 0 Å². The van der Waals surface area contributed by atoms with Crippen LogP contribution in [0, 0.1) is 31.3 Å². The normalized spacial score (nSPS) is 16.4. The van der Waals surface area contributed by atoms with Crippen molar-refractivity contribution in [1.82, 2.24) is 9.46 Å². The molecule has 25 heavy (non-hydrogen) atoms. The molecule has 0 saturated carbocycles. The van der Waals surface area contributed by atoms with Gasteiger partial charge >= 0.3 is 0 Å². The maximum absolute atomic E-state index is 13.9. The summed E-state index contributed by atoms with van der Waals surface area (Å²) in [4.78, 5) is 1.51. The lowest BCUT2D eigenvalue weighted by Gasteiger charge is -2.35. The van der Waals surface area contributed by atoms with Crippen molar-refractivity contribution in [1.29, 1.82) is 0 Å². The highest BCUT2D eigenvalue weighted by Crippen LogP contribution is 2.27. The third kappa shape index (κ3) is 2.99. The van der Waals surface area contributed by atoms with E-state index in [1.807, 2.05) is 0 Å². The molecule has 0 atom stereocenters. The molecule has 1 aliphatic heterocycles. The van der Waals surface area contributed by atoms with Crippen LogP contribution >= 0.6 is 0 Å². The number of anilines is 1. The summed E-state index contributed by atoms with van der Waals surface area (Å²) >= 11 is 0. The monoisotopic (exact) mass is 375 g/mol. The molecular formula is C15H16F3N3O3S. The van der Waals surface area contributed by atoms with E-state index in [1.165, 1.54) is 23.1 Å². The smallest absolute Gasteiger partial charge is 0.248 e. The molecule has 0 amide bonds. The van der Waals surface area contributed by atoms with Crippen molar-refractivity contribution in [3.05, 3.63) is 41.0 Å². The number of hydrogen-bond acceptors (Lipinski definition) is 5. The van der Waals surface area contributed by atoms with E-state index in [1.54, 1.807) is 0 Å². The number of hydrogen-bond donors (Lipinski definition) is 0. The van der Waals surface area contributed by atoms with Gasteiger partial charge in [-0.2, -0.15) is 4.31 Å². The first-order chi connectivity index (χ1) is 11.7. The summed E-state index contributed by atoms with van der Waals surface area (Å²) in [5, 5.41) is 3.65. The Morgan fingerprint density at radius 3 is 2.24 bits per heavy atom. The summed E-state index contributed by atoms with van der Waals surface area (Å²) in [5.41, 5.74) is 0.180. The Hall–Kier alpha value is -2.07. The van der Waals surface area contributed by atoms with E-state index < -0.39 is 27.5 Å². The summed E-state index contributed by atoms with van der Waals surface area (Å²) < 4.78 is 71.9. The van der Waals surface area contributed by atoms with Crippen LogP contribution in [0.4, 0.5) is 18.9 Å². The minimum Gasteiger partial charge on any atom is -0.366 e. The molecule has 2 heterocycles. The minimum atomic E-state index is -3.79. The fourth-order valence-corrected chi connectivity index (χ4v) is 4.61. The molecule has 1 saturated heterocycles. The molecule has 0 N–H and O–H groups in total. The van der Waals surface area contributed by atoms with Crippen molar-refractivity contribution in [2.45, 2.75) is 18.7 Å². The highest BCUT2D eigenvalue weighted by molar-refractivity contribution is 7.89. The fraction of sp³-hybridized carbons (Fsp3) is 0.400. The van der Waals surface area contributed by atoms with Crippen LogP contribution < -0.4 is 4.90 Å². The van der Waals surface area contributed by atoms with E-state index in [0.717, 1.165) is 12.1 Å². The highest BCUT2D eigenvalue weighted by atomic mass is 32.2. The zero-order valence-electron chi connectivity index (χ0n) is 13.6. The first-order valence-corrected chi connectivity index (χ1v) is 8.99. The van der Waals surface area contributed by atoms with Gasteiger partial charge in [-0.15, -0.1) is 0 Å². The molecule has 0 unspecified atom stereocenters. The van der Waals surface area contributed by atoms with Crippen LogP contribution in [0.2, 0.25) is 0 Å². The predicted molar refractivity (Wildman–Crippen MR) is 83.3 cm³/mol. The summed E-state index contributed by atoms with van der Waals surface area (Å²) in [6.07, 6.45) is 0. The molecular weight excluding hydrogens is 359 g/mol. The van der Waals surface area contributed by atoms with Crippen LogP contribution in [0.15, 0.2) is 21.6 Å². The van der Waals surface area contributed by atoms with Gasteiger partial charge in [-0.1, -0.05) is 5.16 Å². The highest BCUT2D eigenvalue weighted by Gasteiger charge is 2.34. The second-order valence-electron chi connectivity index (χ2n) is 5.74. The number of nitrogens with zero attached hydrogens (tertiary/aromatic N) is 3. The topological polar surface area (TPSA) is 66.7 Å². The van der Waals surface area contributed by atoms with Gasteiger partial charge in [-0.25, -0.2) is 21.6 Å². The lowest BCUT2D eigenvalue weighted by Crippen LogP contribution is -2.49. The molecule has 10 heteroatoms. The molecule has 3 rings (SSSR count).